The van der Waals surface area contributed by atoms with E-state index >= 15 is 0 Å². The Labute approximate surface area is 131 Å². The number of aliphatic carboxylic acids is 1. The first-order valence-corrected chi connectivity index (χ1v) is 8.18. The summed E-state index contributed by atoms with van der Waals surface area (Å²) >= 11 is 6.11. The van der Waals surface area contributed by atoms with Crippen LogP contribution in [0, 0.1) is 0 Å². The summed E-state index contributed by atoms with van der Waals surface area (Å²) in [5, 5.41) is 10.6. The van der Waals surface area contributed by atoms with Gasteiger partial charge in [-0.1, -0.05) is 44.0 Å². The summed E-state index contributed by atoms with van der Waals surface area (Å²) in [7, 11) is 0. The van der Waals surface area contributed by atoms with Crippen molar-refractivity contribution in [2.24, 2.45) is 0 Å². The molecule has 2 atom stereocenters. The molecule has 0 amide bonds. The monoisotopic (exact) mass is 309 g/mol. The van der Waals surface area contributed by atoms with Crippen molar-refractivity contribution in [3.05, 3.63) is 34.9 Å². The highest BCUT2D eigenvalue weighted by molar-refractivity contribution is 6.30. The number of nitrogens with zero attached hydrogens (tertiary/aromatic N) is 1. The molecule has 3 nitrogen and oxygen atoms in total. The number of carboxylic acids is 1. The Morgan fingerprint density at radius 1 is 1.48 bits per heavy atom. The Bertz CT molecular complexity index is 505. The molecule has 0 saturated carbocycles. The lowest BCUT2D eigenvalue weighted by molar-refractivity contribution is -0.152. The molecule has 0 bridgehead atoms. The molecule has 21 heavy (non-hydrogen) atoms. The molecule has 1 aromatic carbocycles. The van der Waals surface area contributed by atoms with E-state index in [2.05, 4.69) is 24.8 Å². The fourth-order valence-corrected chi connectivity index (χ4v) is 3.92. The Morgan fingerprint density at radius 2 is 2.24 bits per heavy atom. The third-order valence-electron chi connectivity index (χ3n) is 4.60. The van der Waals surface area contributed by atoms with E-state index in [1.54, 1.807) is 0 Å². The number of hydrogen-bond acceptors (Lipinski definition) is 2. The van der Waals surface area contributed by atoms with Crippen molar-refractivity contribution in [3.8, 4) is 0 Å². The standard InChI is InChI=1S/C17H24ClNO2/c1-3-9-17(16(20)21)10-6-11-19(17)15(4-2)13-7-5-8-14(18)12-13/h5,7-8,12,15H,3-4,6,9-11H2,1-2H3,(H,20,21). The second-order valence-electron chi connectivity index (χ2n) is 5.86. The molecule has 0 aliphatic carbocycles. The molecule has 1 N–H and O–H groups in total. The minimum atomic E-state index is -0.711. The van der Waals surface area contributed by atoms with Crippen molar-refractivity contribution in [1.29, 1.82) is 0 Å². The van der Waals surface area contributed by atoms with Crippen LogP contribution in [0.1, 0.15) is 57.6 Å². The van der Waals surface area contributed by atoms with Crippen LogP contribution in [-0.4, -0.2) is 28.1 Å². The molecular weight excluding hydrogens is 286 g/mol. The molecule has 0 radical (unpaired) electrons. The van der Waals surface area contributed by atoms with Crippen LogP contribution in [-0.2, 0) is 4.79 Å². The zero-order valence-electron chi connectivity index (χ0n) is 12.8. The maximum atomic E-state index is 12.0. The second-order valence-corrected chi connectivity index (χ2v) is 6.30. The van der Waals surface area contributed by atoms with Crippen molar-refractivity contribution in [3.63, 3.8) is 0 Å². The highest BCUT2D eigenvalue weighted by atomic mass is 35.5. The smallest absolute Gasteiger partial charge is 0.324 e. The van der Waals surface area contributed by atoms with Crippen LogP contribution < -0.4 is 0 Å². The van der Waals surface area contributed by atoms with Gasteiger partial charge in [0.1, 0.15) is 5.54 Å². The lowest BCUT2D eigenvalue weighted by atomic mass is 9.88. The third-order valence-corrected chi connectivity index (χ3v) is 4.83. The van der Waals surface area contributed by atoms with Gasteiger partial charge in [-0.15, -0.1) is 0 Å². The Hall–Kier alpha value is -1.06. The first kappa shape index (κ1) is 16.3. The van der Waals surface area contributed by atoms with E-state index in [0.717, 1.165) is 37.8 Å². The van der Waals surface area contributed by atoms with E-state index < -0.39 is 11.5 Å². The van der Waals surface area contributed by atoms with E-state index in [9.17, 15) is 9.90 Å². The van der Waals surface area contributed by atoms with Gasteiger partial charge in [0.25, 0.3) is 0 Å². The Kier molecular flexibility index (Phi) is 5.28. The van der Waals surface area contributed by atoms with E-state index in [-0.39, 0.29) is 6.04 Å². The largest absolute Gasteiger partial charge is 0.480 e. The fourth-order valence-electron chi connectivity index (χ4n) is 3.72. The van der Waals surface area contributed by atoms with E-state index in [1.807, 2.05) is 18.2 Å². The predicted octanol–water partition coefficient (Wildman–Crippen LogP) is 4.51. The van der Waals surface area contributed by atoms with Crippen LogP contribution in [0.3, 0.4) is 0 Å². The third kappa shape index (κ3) is 3.09. The number of hydrogen-bond donors (Lipinski definition) is 1. The molecular formula is C17H24ClNO2. The summed E-state index contributed by atoms with van der Waals surface area (Å²) in [5.74, 6) is -0.678. The molecule has 1 aliphatic heterocycles. The van der Waals surface area contributed by atoms with Gasteiger partial charge in [0, 0.05) is 11.1 Å². The van der Waals surface area contributed by atoms with Gasteiger partial charge in [-0.05, 0) is 49.9 Å². The Morgan fingerprint density at radius 3 is 2.81 bits per heavy atom. The number of benzene rings is 1. The number of halogens is 1. The quantitative estimate of drug-likeness (QED) is 0.840. The molecule has 1 heterocycles. The molecule has 2 unspecified atom stereocenters. The SMILES string of the molecule is CCCC1(C(=O)O)CCCN1C(CC)c1cccc(Cl)c1. The van der Waals surface area contributed by atoms with Gasteiger partial charge >= 0.3 is 5.97 Å². The summed E-state index contributed by atoms with van der Waals surface area (Å²) in [6.45, 7) is 5.02. The van der Waals surface area contributed by atoms with Gasteiger partial charge in [0.15, 0.2) is 0 Å². The summed E-state index contributed by atoms with van der Waals surface area (Å²) in [4.78, 5) is 14.2. The molecule has 116 valence electrons. The number of likely N-dealkylation sites (tertiary alicyclic amines) is 1. The van der Waals surface area contributed by atoms with E-state index in [4.69, 9.17) is 11.6 Å². The van der Waals surface area contributed by atoms with E-state index in [0.29, 0.717) is 11.4 Å². The first-order chi connectivity index (χ1) is 10.0. The molecule has 0 spiro atoms. The summed E-state index contributed by atoms with van der Waals surface area (Å²) < 4.78 is 0. The van der Waals surface area contributed by atoms with Gasteiger partial charge in [0.2, 0.25) is 0 Å². The molecule has 4 heteroatoms. The van der Waals surface area contributed by atoms with Gasteiger partial charge in [-0.25, -0.2) is 0 Å². The predicted molar refractivity (Wildman–Crippen MR) is 85.7 cm³/mol. The zero-order valence-corrected chi connectivity index (χ0v) is 13.6. The molecule has 1 fully saturated rings. The van der Waals surface area contributed by atoms with Crippen LogP contribution in [0.4, 0.5) is 0 Å². The topological polar surface area (TPSA) is 40.5 Å². The lowest BCUT2D eigenvalue weighted by Crippen LogP contribution is -2.51. The van der Waals surface area contributed by atoms with Gasteiger partial charge in [-0.3, -0.25) is 9.69 Å². The highest BCUT2D eigenvalue weighted by Gasteiger charge is 2.49. The molecule has 0 aromatic heterocycles. The van der Waals surface area contributed by atoms with Gasteiger partial charge < -0.3 is 5.11 Å². The van der Waals surface area contributed by atoms with Crippen LogP contribution in [0.5, 0.6) is 0 Å². The summed E-state index contributed by atoms with van der Waals surface area (Å²) in [6, 6.07) is 7.94. The summed E-state index contributed by atoms with van der Waals surface area (Å²) in [6.07, 6.45) is 4.17. The first-order valence-electron chi connectivity index (χ1n) is 7.80. The Balaban J connectivity index is 2.38. The van der Waals surface area contributed by atoms with Crippen LogP contribution in [0.25, 0.3) is 0 Å². The number of carboxylic acid groups (broad SMARTS) is 1. The van der Waals surface area contributed by atoms with Crippen molar-refractivity contribution in [1.82, 2.24) is 4.90 Å². The van der Waals surface area contributed by atoms with Crippen molar-refractivity contribution in [2.75, 3.05) is 6.54 Å². The molecule has 1 saturated heterocycles. The fraction of sp³-hybridized carbons (Fsp3) is 0.588. The minimum Gasteiger partial charge on any atom is -0.480 e. The average Bonchev–Trinajstić information content (AvgIpc) is 2.85. The molecule has 2 rings (SSSR count). The van der Waals surface area contributed by atoms with Crippen molar-refractivity contribution < 1.29 is 9.90 Å². The average molecular weight is 310 g/mol. The van der Waals surface area contributed by atoms with Gasteiger partial charge in [-0.2, -0.15) is 0 Å². The highest BCUT2D eigenvalue weighted by Crippen LogP contribution is 2.41. The van der Waals surface area contributed by atoms with Crippen LogP contribution in [0.2, 0.25) is 5.02 Å². The number of carbonyl (C=O) groups is 1. The maximum absolute atomic E-state index is 12.0. The van der Waals surface area contributed by atoms with Crippen LogP contribution in [0.15, 0.2) is 24.3 Å². The van der Waals surface area contributed by atoms with Crippen molar-refractivity contribution in [2.45, 2.75) is 57.5 Å². The van der Waals surface area contributed by atoms with E-state index in [1.165, 1.54) is 0 Å². The number of rotatable bonds is 6. The maximum Gasteiger partial charge on any atom is 0.324 e. The normalized spacial score (nSPS) is 24.1. The molecule has 1 aromatic rings. The van der Waals surface area contributed by atoms with Gasteiger partial charge in [0.05, 0.1) is 0 Å². The summed E-state index contributed by atoms with van der Waals surface area (Å²) in [5.41, 5.74) is 0.409. The minimum absolute atomic E-state index is 0.119. The lowest BCUT2D eigenvalue weighted by Gasteiger charge is -2.40. The molecule has 1 aliphatic rings. The van der Waals surface area contributed by atoms with Crippen LogP contribution >= 0.6 is 11.6 Å². The second kappa shape index (κ2) is 6.80. The zero-order chi connectivity index (χ0) is 15.5. The van der Waals surface area contributed by atoms with Crippen molar-refractivity contribution >= 4 is 17.6 Å².